The van der Waals surface area contributed by atoms with Gasteiger partial charge in [-0.1, -0.05) is 30.6 Å². The predicted molar refractivity (Wildman–Crippen MR) is 98.0 cm³/mol. The molecule has 0 fully saturated rings. The Hall–Kier alpha value is -3.15. The Morgan fingerprint density at radius 2 is 1.88 bits per heavy atom. The highest BCUT2D eigenvalue weighted by Gasteiger charge is 2.13. The standard InChI is InChI=1S/C20H20N2O4/c1-2-3-12-25-20(24)14-8-10-15(11-9-14)21-19(23)13-17-16-6-4-5-7-18(16)26-22-17/h4-11H,2-3,12-13H2,1H3,(H,21,23). The molecule has 0 aliphatic heterocycles. The van der Waals surface area contributed by atoms with Crippen LogP contribution in [0.25, 0.3) is 11.0 Å². The first-order valence-corrected chi connectivity index (χ1v) is 8.57. The third kappa shape index (κ3) is 4.27. The van der Waals surface area contributed by atoms with Crippen LogP contribution in [0.3, 0.4) is 0 Å². The number of hydrogen-bond acceptors (Lipinski definition) is 5. The number of anilines is 1. The molecule has 1 heterocycles. The zero-order chi connectivity index (χ0) is 18.4. The molecule has 26 heavy (non-hydrogen) atoms. The van der Waals surface area contributed by atoms with Gasteiger partial charge in [-0.15, -0.1) is 0 Å². The van der Waals surface area contributed by atoms with Gasteiger partial charge in [0, 0.05) is 11.1 Å². The maximum Gasteiger partial charge on any atom is 0.338 e. The summed E-state index contributed by atoms with van der Waals surface area (Å²) in [4.78, 5) is 24.1. The quantitative estimate of drug-likeness (QED) is 0.514. The number of carbonyl (C=O) groups excluding carboxylic acids is 2. The molecule has 0 aliphatic carbocycles. The van der Waals surface area contributed by atoms with Gasteiger partial charge in [-0.3, -0.25) is 4.79 Å². The number of amides is 1. The minimum absolute atomic E-state index is 0.109. The number of carbonyl (C=O) groups is 2. The van der Waals surface area contributed by atoms with E-state index < -0.39 is 0 Å². The maximum atomic E-state index is 12.2. The molecule has 0 radical (unpaired) electrons. The summed E-state index contributed by atoms with van der Waals surface area (Å²) in [5.74, 6) is -0.562. The van der Waals surface area contributed by atoms with E-state index in [0.717, 1.165) is 18.2 Å². The normalized spacial score (nSPS) is 10.7. The van der Waals surface area contributed by atoms with Gasteiger partial charge in [0.05, 0.1) is 18.6 Å². The number of rotatable bonds is 7. The third-order valence-electron chi connectivity index (χ3n) is 3.92. The van der Waals surface area contributed by atoms with Crippen LogP contribution in [-0.2, 0) is 16.0 Å². The Morgan fingerprint density at radius 3 is 2.65 bits per heavy atom. The van der Waals surface area contributed by atoms with Gasteiger partial charge in [0.2, 0.25) is 5.91 Å². The predicted octanol–water partition coefficient (Wildman–Crippen LogP) is 3.97. The molecule has 0 spiro atoms. The Morgan fingerprint density at radius 1 is 1.12 bits per heavy atom. The molecule has 1 amide bonds. The summed E-state index contributed by atoms with van der Waals surface area (Å²) in [7, 11) is 0. The van der Waals surface area contributed by atoms with Crippen LogP contribution < -0.4 is 5.32 Å². The van der Waals surface area contributed by atoms with Gasteiger partial charge in [-0.25, -0.2) is 4.79 Å². The Labute approximate surface area is 151 Å². The van der Waals surface area contributed by atoms with Crippen LogP contribution in [0.1, 0.15) is 35.8 Å². The summed E-state index contributed by atoms with van der Waals surface area (Å²) in [6.07, 6.45) is 1.92. The van der Waals surface area contributed by atoms with Crippen molar-refractivity contribution in [2.24, 2.45) is 0 Å². The zero-order valence-corrected chi connectivity index (χ0v) is 14.5. The van der Waals surface area contributed by atoms with E-state index >= 15 is 0 Å². The van der Waals surface area contributed by atoms with Gasteiger partial charge in [0.15, 0.2) is 5.58 Å². The van der Waals surface area contributed by atoms with Gasteiger partial charge in [-0.2, -0.15) is 0 Å². The second-order valence-corrected chi connectivity index (χ2v) is 5.92. The van der Waals surface area contributed by atoms with Gasteiger partial charge < -0.3 is 14.6 Å². The highest BCUT2D eigenvalue weighted by molar-refractivity contribution is 5.95. The average Bonchev–Trinajstić information content (AvgIpc) is 3.05. The smallest absolute Gasteiger partial charge is 0.338 e. The lowest BCUT2D eigenvalue weighted by Gasteiger charge is -2.06. The number of hydrogen-bond donors (Lipinski definition) is 1. The van der Waals surface area contributed by atoms with E-state index in [2.05, 4.69) is 10.5 Å². The van der Waals surface area contributed by atoms with E-state index in [1.54, 1.807) is 24.3 Å². The molecule has 2 aromatic carbocycles. The highest BCUT2D eigenvalue weighted by Crippen LogP contribution is 2.19. The summed E-state index contributed by atoms with van der Waals surface area (Å²) >= 11 is 0. The number of nitrogens with one attached hydrogen (secondary N) is 1. The van der Waals surface area contributed by atoms with Crippen molar-refractivity contribution in [1.82, 2.24) is 5.16 Å². The third-order valence-corrected chi connectivity index (χ3v) is 3.92. The van der Waals surface area contributed by atoms with Crippen molar-refractivity contribution >= 4 is 28.5 Å². The second-order valence-electron chi connectivity index (χ2n) is 5.92. The summed E-state index contributed by atoms with van der Waals surface area (Å²) in [5, 5.41) is 7.57. The summed E-state index contributed by atoms with van der Waals surface area (Å²) in [6, 6.07) is 14.0. The van der Waals surface area contributed by atoms with Crippen molar-refractivity contribution in [2.45, 2.75) is 26.2 Å². The van der Waals surface area contributed by atoms with E-state index in [9.17, 15) is 9.59 Å². The van der Waals surface area contributed by atoms with Crippen molar-refractivity contribution in [3.05, 3.63) is 59.8 Å². The molecule has 0 saturated heterocycles. The Balaban J connectivity index is 1.58. The average molecular weight is 352 g/mol. The molecule has 6 heteroatoms. The van der Waals surface area contributed by atoms with Gasteiger partial charge in [-0.05, 0) is 42.8 Å². The molecule has 0 atom stereocenters. The van der Waals surface area contributed by atoms with Crippen LogP contribution in [0.2, 0.25) is 0 Å². The maximum absolute atomic E-state index is 12.2. The number of esters is 1. The van der Waals surface area contributed by atoms with E-state index in [0.29, 0.717) is 29.1 Å². The van der Waals surface area contributed by atoms with Crippen molar-refractivity contribution in [3.63, 3.8) is 0 Å². The minimum atomic E-state index is -0.356. The molecule has 0 unspecified atom stereocenters. The first-order chi connectivity index (χ1) is 12.7. The van der Waals surface area contributed by atoms with Crippen LogP contribution in [0.5, 0.6) is 0 Å². The molecular weight excluding hydrogens is 332 g/mol. The summed E-state index contributed by atoms with van der Waals surface area (Å²) < 4.78 is 10.4. The number of nitrogens with zero attached hydrogens (tertiary/aromatic N) is 1. The van der Waals surface area contributed by atoms with Gasteiger partial charge in [0.25, 0.3) is 0 Å². The zero-order valence-electron chi connectivity index (χ0n) is 14.5. The molecule has 0 bridgehead atoms. The molecule has 1 aromatic heterocycles. The number of ether oxygens (including phenoxy) is 1. The Kier molecular flexibility index (Phi) is 5.63. The summed E-state index contributed by atoms with van der Waals surface area (Å²) in [6.45, 7) is 2.45. The molecule has 0 saturated carbocycles. The number of aromatic nitrogens is 1. The fourth-order valence-electron chi connectivity index (χ4n) is 2.51. The van der Waals surface area contributed by atoms with Crippen LogP contribution in [0.4, 0.5) is 5.69 Å². The van der Waals surface area contributed by atoms with E-state index in [1.807, 2.05) is 31.2 Å². The lowest BCUT2D eigenvalue weighted by molar-refractivity contribution is -0.115. The lowest BCUT2D eigenvalue weighted by Crippen LogP contribution is -2.15. The van der Waals surface area contributed by atoms with Crippen molar-refractivity contribution < 1.29 is 18.8 Å². The van der Waals surface area contributed by atoms with E-state index in [1.165, 1.54) is 0 Å². The number of para-hydroxylation sites is 1. The monoisotopic (exact) mass is 352 g/mol. The van der Waals surface area contributed by atoms with Crippen LogP contribution in [0.15, 0.2) is 53.1 Å². The molecule has 6 nitrogen and oxygen atoms in total. The van der Waals surface area contributed by atoms with E-state index in [4.69, 9.17) is 9.26 Å². The molecule has 0 aliphatic rings. The molecular formula is C20H20N2O4. The minimum Gasteiger partial charge on any atom is -0.462 e. The molecule has 134 valence electrons. The van der Waals surface area contributed by atoms with Crippen LogP contribution in [-0.4, -0.2) is 23.6 Å². The van der Waals surface area contributed by atoms with Crippen LogP contribution >= 0.6 is 0 Å². The first kappa shape index (κ1) is 17.7. The number of unbranched alkanes of at least 4 members (excludes halogenated alkanes) is 1. The molecule has 3 rings (SSSR count). The lowest BCUT2D eigenvalue weighted by atomic mass is 10.1. The topological polar surface area (TPSA) is 81.4 Å². The largest absolute Gasteiger partial charge is 0.462 e. The van der Waals surface area contributed by atoms with E-state index in [-0.39, 0.29) is 18.3 Å². The SMILES string of the molecule is CCCCOC(=O)c1ccc(NC(=O)Cc2noc3ccccc23)cc1. The van der Waals surface area contributed by atoms with Crippen molar-refractivity contribution in [3.8, 4) is 0 Å². The Bertz CT molecular complexity index is 900. The van der Waals surface area contributed by atoms with Crippen molar-refractivity contribution in [2.75, 3.05) is 11.9 Å². The van der Waals surface area contributed by atoms with Crippen molar-refractivity contribution in [1.29, 1.82) is 0 Å². The highest BCUT2D eigenvalue weighted by atomic mass is 16.5. The fraction of sp³-hybridized carbons (Fsp3) is 0.250. The summed E-state index contributed by atoms with van der Waals surface area (Å²) in [5.41, 5.74) is 2.31. The van der Waals surface area contributed by atoms with Gasteiger partial charge in [0.1, 0.15) is 5.69 Å². The molecule has 1 N–H and O–H groups in total. The second kappa shape index (κ2) is 8.29. The fourth-order valence-corrected chi connectivity index (χ4v) is 2.51. The molecule has 3 aromatic rings. The number of benzene rings is 2. The van der Waals surface area contributed by atoms with Crippen LogP contribution in [0, 0.1) is 0 Å². The first-order valence-electron chi connectivity index (χ1n) is 8.57. The van der Waals surface area contributed by atoms with Gasteiger partial charge >= 0.3 is 5.97 Å². The number of fused-ring (bicyclic) bond motifs is 1.